The van der Waals surface area contributed by atoms with Gasteiger partial charge in [0.2, 0.25) is 0 Å². The topological polar surface area (TPSA) is 98.0 Å². The number of aliphatic hydroxyl groups is 3. The predicted octanol–water partition coefficient (Wildman–Crippen LogP) is 3.49. The van der Waals surface area contributed by atoms with Crippen LogP contribution in [0.2, 0.25) is 0 Å². The van der Waals surface area contributed by atoms with Crippen molar-refractivity contribution < 1.29 is 25.2 Å². The van der Waals surface area contributed by atoms with E-state index in [1.165, 1.54) is 0 Å². The highest BCUT2D eigenvalue weighted by Crippen LogP contribution is 2.39. The number of aliphatic carboxylic acids is 1. The van der Waals surface area contributed by atoms with Crippen LogP contribution in [0.1, 0.15) is 90.4 Å². The molecule has 5 nitrogen and oxygen atoms in total. The van der Waals surface area contributed by atoms with Crippen LogP contribution >= 0.6 is 0 Å². The number of rotatable bonds is 14. The standard InChI is InChI=1S/C20H38O5/c1-2-3-6-9-15(21)12-13-17-16(18(22)14-19(17)23)10-7-4-5-8-11-20(24)25/h15-19,21-23H,2-14H2,1H3,(H,24,25)/t15-,16+,17+,18-,19-/m0/s1. The first-order valence-corrected chi connectivity index (χ1v) is 10.2. The lowest BCUT2D eigenvalue weighted by molar-refractivity contribution is -0.137. The molecule has 0 heterocycles. The Morgan fingerprint density at radius 1 is 0.920 bits per heavy atom. The van der Waals surface area contributed by atoms with E-state index in [9.17, 15) is 20.1 Å². The summed E-state index contributed by atoms with van der Waals surface area (Å²) < 4.78 is 0. The van der Waals surface area contributed by atoms with Gasteiger partial charge in [-0.1, -0.05) is 45.4 Å². The summed E-state index contributed by atoms with van der Waals surface area (Å²) in [6.45, 7) is 2.15. The normalized spacial score (nSPS) is 27.5. The van der Waals surface area contributed by atoms with Crippen LogP contribution in [-0.2, 0) is 4.79 Å². The summed E-state index contributed by atoms with van der Waals surface area (Å²) in [4.78, 5) is 10.5. The van der Waals surface area contributed by atoms with Gasteiger partial charge in [0.05, 0.1) is 18.3 Å². The molecular formula is C20H38O5. The van der Waals surface area contributed by atoms with Gasteiger partial charge < -0.3 is 20.4 Å². The Bertz CT molecular complexity index is 360. The summed E-state index contributed by atoms with van der Waals surface area (Å²) in [6.07, 6.45) is 9.52. The number of carboxylic acids is 1. The molecule has 0 amide bonds. The van der Waals surface area contributed by atoms with Gasteiger partial charge in [0, 0.05) is 6.42 Å². The van der Waals surface area contributed by atoms with Crippen molar-refractivity contribution in [3.05, 3.63) is 0 Å². The van der Waals surface area contributed by atoms with Gasteiger partial charge in [-0.05, 0) is 50.4 Å². The van der Waals surface area contributed by atoms with Gasteiger partial charge in [-0.15, -0.1) is 0 Å². The first-order chi connectivity index (χ1) is 12.0. The molecule has 1 aliphatic carbocycles. The number of aliphatic hydroxyl groups excluding tert-OH is 3. The van der Waals surface area contributed by atoms with E-state index < -0.39 is 18.2 Å². The van der Waals surface area contributed by atoms with Crippen molar-refractivity contribution in [2.24, 2.45) is 11.8 Å². The van der Waals surface area contributed by atoms with Crippen molar-refractivity contribution in [1.82, 2.24) is 0 Å². The van der Waals surface area contributed by atoms with Crippen LogP contribution in [0.3, 0.4) is 0 Å². The monoisotopic (exact) mass is 358 g/mol. The Morgan fingerprint density at radius 2 is 1.56 bits per heavy atom. The quantitative estimate of drug-likeness (QED) is 0.356. The average Bonchev–Trinajstić information content (AvgIpc) is 2.82. The largest absolute Gasteiger partial charge is 0.481 e. The summed E-state index contributed by atoms with van der Waals surface area (Å²) in [7, 11) is 0. The maximum atomic E-state index is 10.5. The molecule has 0 saturated heterocycles. The first-order valence-electron chi connectivity index (χ1n) is 10.2. The van der Waals surface area contributed by atoms with Crippen molar-refractivity contribution in [1.29, 1.82) is 0 Å². The number of carbonyl (C=O) groups is 1. The molecule has 0 aromatic carbocycles. The maximum Gasteiger partial charge on any atom is 0.303 e. The molecule has 148 valence electrons. The molecule has 25 heavy (non-hydrogen) atoms. The molecule has 0 unspecified atom stereocenters. The molecule has 0 bridgehead atoms. The summed E-state index contributed by atoms with van der Waals surface area (Å²) in [5.74, 6) is -0.556. The van der Waals surface area contributed by atoms with Gasteiger partial charge >= 0.3 is 5.97 Å². The van der Waals surface area contributed by atoms with Gasteiger partial charge in [-0.25, -0.2) is 0 Å². The van der Waals surface area contributed by atoms with Crippen molar-refractivity contribution >= 4 is 5.97 Å². The number of carboxylic acid groups (broad SMARTS) is 1. The third kappa shape index (κ3) is 9.02. The number of hydrogen-bond donors (Lipinski definition) is 4. The van der Waals surface area contributed by atoms with E-state index in [0.717, 1.165) is 57.8 Å². The van der Waals surface area contributed by atoms with E-state index in [0.29, 0.717) is 19.3 Å². The lowest BCUT2D eigenvalue weighted by Gasteiger charge is -2.24. The Balaban J connectivity index is 2.28. The Labute approximate surface area is 152 Å². The molecule has 1 fully saturated rings. The fraction of sp³-hybridized carbons (Fsp3) is 0.950. The van der Waals surface area contributed by atoms with E-state index in [1.807, 2.05) is 0 Å². The average molecular weight is 359 g/mol. The molecule has 0 aliphatic heterocycles. The van der Waals surface area contributed by atoms with Crippen LogP contribution in [0.5, 0.6) is 0 Å². The second-order valence-corrected chi connectivity index (χ2v) is 7.77. The third-order valence-electron chi connectivity index (χ3n) is 5.67. The van der Waals surface area contributed by atoms with Gasteiger partial charge in [0.15, 0.2) is 0 Å². The van der Waals surface area contributed by atoms with Crippen molar-refractivity contribution in [2.75, 3.05) is 0 Å². The molecule has 1 rings (SSSR count). The van der Waals surface area contributed by atoms with E-state index in [1.54, 1.807) is 0 Å². The van der Waals surface area contributed by atoms with E-state index >= 15 is 0 Å². The highest BCUT2D eigenvalue weighted by Gasteiger charge is 2.40. The minimum Gasteiger partial charge on any atom is -0.481 e. The Morgan fingerprint density at radius 3 is 2.20 bits per heavy atom. The molecule has 0 aromatic heterocycles. The zero-order valence-corrected chi connectivity index (χ0v) is 15.8. The first kappa shape index (κ1) is 22.4. The highest BCUT2D eigenvalue weighted by molar-refractivity contribution is 5.66. The lowest BCUT2D eigenvalue weighted by atomic mass is 9.84. The van der Waals surface area contributed by atoms with Gasteiger partial charge in [-0.2, -0.15) is 0 Å². The minimum absolute atomic E-state index is 0.0786. The molecule has 0 spiro atoms. The smallest absolute Gasteiger partial charge is 0.303 e. The number of unbranched alkanes of at least 4 members (excludes halogenated alkanes) is 5. The third-order valence-corrected chi connectivity index (χ3v) is 5.67. The van der Waals surface area contributed by atoms with E-state index in [4.69, 9.17) is 5.11 Å². The van der Waals surface area contributed by atoms with Gasteiger partial charge in [0.1, 0.15) is 0 Å². The van der Waals surface area contributed by atoms with Crippen LogP contribution < -0.4 is 0 Å². The summed E-state index contributed by atoms with van der Waals surface area (Å²) in [5.41, 5.74) is 0. The van der Waals surface area contributed by atoms with E-state index in [-0.39, 0.29) is 24.4 Å². The lowest BCUT2D eigenvalue weighted by Crippen LogP contribution is -2.24. The summed E-state index contributed by atoms with van der Waals surface area (Å²) in [6, 6.07) is 0. The van der Waals surface area contributed by atoms with Crippen LogP contribution in [0, 0.1) is 11.8 Å². The zero-order valence-electron chi connectivity index (χ0n) is 15.8. The summed E-state index contributed by atoms with van der Waals surface area (Å²) >= 11 is 0. The molecule has 5 heteroatoms. The predicted molar refractivity (Wildman–Crippen MR) is 98.3 cm³/mol. The van der Waals surface area contributed by atoms with Crippen molar-refractivity contribution in [3.8, 4) is 0 Å². The van der Waals surface area contributed by atoms with E-state index in [2.05, 4.69) is 6.92 Å². The van der Waals surface area contributed by atoms with Crippen LogP contribution in [0.15, 0.2) is 0 Å². The fourth-order valence-corrected chi connectivity index (χ4v) is 4.15. The highest BCUT2D eigenvalue weighted by atomic mass is 16.4. The molecule has 0 radical (unpaired) electrons. The molecular weight excluding hydrogens is 320 g/mol. The van der Waals surface area contributed by atoms with Crippen LogP contribution in [-0.4, -0.2) is 44.7 Å². The SMILES string of the molecule is CCCCC[C@H](O)CC[C@@H]1[C@@H](CCCCCCC(=O)O)[C@@H](O)C[C@@H]1O. The molecule has 0 aromatic rings. The van der Waals surface area contributed by atoms with Crippen molar-refractivity contribution in [3.63, 3.8) is 0 Å². The zero-order chi connectivity index (χ0) is 18.7. The second-order valence-electron chi connectivity index (χ2n) is 7.77. The molecule has 4 N–H and O–H groups in total. The molecule has 1 saturated carbocycles. The number of hydrogen-bond acceptors (Lipinski definition) is 4. The maximum absolute atomic E-state index is 10.5. The summed E-state index contributed by atoms with van der Waals surface area (Å²) in [5, 5.41) is 39.2. The fourth-order valence-electron chi connectivity index (χ4n) is 4.15. The van der Waals surface area contributed by atoms with Crippen LogP contribution in [0.25, 0.3) is 0 Å². The van der Waals surface area contributed by atoms with Crippen LogP contribution in [0.4, 0.5) is 0 Å². The molecule has 5 atom stereocenters. The van der Waals surface area contributed by atoms with Gasteiger partial charge in [0.25, 0.3) is 0 Å². The minimum atomic E-state index is -0.744. The second kappa shape index (κ2) is 12.7. The van der Waals surface area contributed by atoms with Gasteiger partial charge in [-0.3, -0.25) is 4.79 Å². The Hall–Kier alpha value is -0.650. The Kier molecular flexibility index (Phi) is 11.3. The van der Waals surface area contributed by atoms with Crippen molar-refractivity contribution in [2.45, 2.75) is 109 Å². The molecule has 1 aliphatic rings.